The number of nitrogens with zero attached hydrogens (tertiary/aromatic N) is 1. The van der Waals surface area contributed by atoms with Crippen LogP contribution in [0.25, 0.3) is 0 Å². The number of hydrogen-bond acceptors (Lipinski definition) is 4. The molecule has 1 saturated heterocycles. The standard InChI is InChI=1S/C14H21ClN2O3S/c1-9-4-10(2)17(8-9)21(18,19)13-6-12(15)5-11(7-16)14(13)20-3/h5-6,9-10H,4,7-8,16H2,1-3H3. The Morgan fingerprint density at radius 3 is 2.57 bits per heavy atom. The maximum Gasteiger partial charge on any atom is 0.247 e. The number of sulfonamides is 1. The summed E-state index contributed by atoms with van der Waals surface area (Å²) in [6.07, 6.45) is 0.853. The number of methoxy groups -OCH3 is 1. The fraction of sp³-hybridized carbons (Fsp3) is 0.571. The molecule has 118 valence electrons. The third kappa shape index (κ3) is 3.04. The zero-order valence-corrected chi connectivity index (χ0v) is 14.0. The highest BCUT2D eigenvalue weighted by Gasteiger charge is 2.38. The minimum atomic E-state index is -3.65. The molecular formula is C14H21ClN2O3S. The Morgan fingerprint density at radius 2 is 2.10 bits per heavy atom. The molecule has 5 nitrogen and oxygen atoms in total. The van der Waals surface area contributed by atoms with E-state index in [1.54, 1.807) is 6.07 Å². The van der Waals surface area contributed by atoms with Crippen LogP contribution in [0.2, 0.25) is 5.02 Å². The van der Waals surface area contributed by atoms with Crippen molar-refractivity contribution in [1.29, 1.82) is 0 Å². The van der Waals surface area contributed by atoms with E-state index in [-0.39, 0.29) is 23.2 Å². The van der Waals surface area contributed by atoms with Crippen LogP contribution >= 0.6 is 11.6 Å². The molecule has 21 heavy (non-hydrogen) atoms. The summed E-state index contributed by atoms with van der Waals surface area (Å²) in [7, 11) is -2.21. The van der Waals surface area contributed by atoms with E-state index in [0.29, 0.717) is 23.0 Å². The first-order valence-corrected chi connectivity index (χ1v) is 8.71. The number of ether oxygens (including phenoxy) is 1. The summed E-state index contributed by atoms with van der Waals surface area (Å²) in [6, 6.07) is 3.04. The number of hydrogen-bond donors (Lipinski definition) is 1. The summed E-state index contributed by atoms with van der Waals surface area (Å²) in [6.45, 7) is 4.64. The van der Waals surface area contributed by atoms with Crippen LogP contribution in [0.4, 0.5) is 0 Å². The van der Waals surface area contributed by atoms with E-state index >= 15 is 0 Å². The van der Waals surface area contributed by atoms with Gasteiger partial charge in [-0.25, -0.2) is 8.42 Å². The Labute approximate surface area is 131 Å². The Hall–Kier alpha value is -0.820. The van der Waals surface area contributed by atoms with Gasteiger partial charge < -0.3 is 10.5 Å². The number of halogens is 1. The fourth-order valence-electron chi connectivity index (χ4n) is 2.92. The van der Waals surface area contributed by atoms with Crippen LogP contribution in [-0.2, 0) is 16.6 Å². The van der Waals surface area contributed by atoms with Gasteiger partial charge in [0.1, 0.15) is 10.6 Å². The Bertz CT molecular complexity index is 633. The summed E-state index contributed by atoms with van der Waals surface area (Å²) in [5.74, 6) is 0.627. The lowest BCUT2D eigenvalue weighted by molar-refractivity contribution is 0.382. The fourth-order valence-corrected chi connectivity index (χ4v) is 5.21. The molecule has 0 bridgehead atoms. The Balaban J connectivity index is 2.57. The smallest absolute Gasteiger partial charge is 0.247 e. The highest BCUT2D eigenvalue weighted by Crippen LogP contribution is 2.36. The molecule has 2 unspecified atom stereocenters. The zero-order valence-electron chi connectivity index (χ0n) is 12.5. The highest BCUT2D eigenvalue weighted by atomic mass is 35.5. The molecule has 7 heteroatoms. The number of nitrogens with two attached hydrogens (primary N) is 1. The molecule has 0 saturated carbocycles. The van der Waals surface area contributed by atoms with Gasteiger partial charge in [-0.05, 0) is 31.4 Å². The van der Waals surface area contributed by atoms with Crippen LogP contribution in [0.5, 0.6) is 5.75 Å². The van der Waals surface area contributed by atoms with E-state index in [4.69, 9.17) is 22.1 Å². The molecule has 0 aliphatic carbocycles. The molecule has 1 aliphatic heterocycles. The lowest BCUT2D eigenvalue weighted by Crippen LogP contribution is -2.34. The van der Waals surface area contributed by atoms with Gasteiger partial charge in [0.25, 0.3) is 0 Å². The zero-order chi connectivity index (χ0) is 15.8. The van der Waals surface area contributed by atoms with Crippen molar-refractivity contribution in [3.8, 4) is 5.75 Å². The van der Waals surface area contributed by atoms with Crippen LogP contribution in [-0.4, -0.2) is 32.4 Å². The van der Waals surface area contributed by atoms with Crippen LogP contribution < -0.4 is 10.5 Å². The summed E-state index contributed by atoms with van der Waals surface area (Å²) >= 11 is 6.04. The summed E-state index contributed by atoms with van der Waals surface area (Å²) in [4.78, 5) is 0.0962. The van der Waals surface area contributed by atoms with E-state index in [1.807, 2.05) is 13.8 Å². The van der Waals surface area contributed by atoms with Crippen LogP contribution in [0.15, 0.2) is 17.0 Å². The quantitative estimate of drug-likeness (QED) is 0.917. The predicted octanol–water partition coefficient (Wildman–Crippen LogP) is 2.23. The van der Waals surface area contributed by atoms with E-state index in [2.05, 4.69) is 0 Å². The van der Waals surface area contributed by atoms with Crippen molar-refractivity contribution >= 4 is 21.6 Å². The van der Waals surface area contributed by atoms with Gasteiger partial charge in [-0.1, -0.05) is 18.5 Å². The minimum Gasteiger partial charge on any atom is -0.495 e. The van der Waals surface area contributed by atoms with Gasteiger partial charge in [0.15, 0.2) is 0 Å². The first kappa shape index (κ1) is 16.5. The molecule has 0 radical (unpaired) electrons. The van der Waals surface area contributed by atoms with E-state index in [1.165, 1.54) is 17.5 Å². The van der Waals surface area contributed by atoms with Crippen molar-refractivity contribution in [2.24, 2.45) is 11.7 Å². The van der Waals surface area contributed by atoms with Gasteiger partial charge in [-0.15, -0.1) is 0 Å². The third-order valence-electron chi connectivity index (χ3n) is 3.83. The van der Waals surface area contributed by atoms with E-state index in [0.717, 1.165) is 6.42 Å². The molecule has 0 spiro atoms. The Kier molecular flexibility index (Phi) is 4.82. The second kappa shape index (κ2) is 6.12. The molecule has 1 heterocycles. The minimum absolute atomic E-state index is 0.0324. The first-order valence-electron chi connectivity index (χ1n) is 6.89. The molecule has 1 aromatic rings. The topological polar surface area (TPSA) is 72.6 Å². The maximum absolute atomic E-state index is 12.9. The average Bonchev–Trinajstić information content (AvgIpc) is 2.77. The predicted molar refractivity (Wildman–Crippen MR) is 83.0 cm³/mol. The largest absolute Gasteiger partial charge is 0.495 e. The van der Waals surface area contributed by atoms with Crippen molar-refractivity contribution < 1.29 is 13.2 Å². The lowest BCUT2D eigenvalue weighted by atomic mass is 10.1. The van der Waals surface area contributed by atoms with Gasteiger partial charge >= 0.3 is 0 Å². The maximum atomic E-state index is 12.9. The lowest BCUT2D eigenvalue weighted by Gasteiger charge is -2.23. The van der Waals surface area contributed by atoms with Crippen molar-refractivity contribution in [2.45, 2.75) is 37.8 Å². The van der Waals surface area contributed by atoms with Gasteiger partial charge in [0.2, 0.25) is 10.0 Å². The van der Waals surface area contributed by atoms with Crippen LogP contribution in [0, 0.1) is 5.92 Å². The number of benzene rings is 1. The van der Waals surface area contributed by atoms with Crippen molar-refractivity contribution in [2.75, 3.05) is 13.7 Å². The molecule has 2 rings (SSSR count). The second-order valence-corrected chi connectivity index (χ2v) is 7.86. The van der Waals surface area contributed by atoms with Crippen molar-refractivity contribution in [1.82, 2.24) is 4.31 Å². The van der Waals surface area contributed by atoms with Gasteiger partial charge in [-0.2, -0.15) is 4.31 Å². The van der Waals surface area contributed by atoms with E-state index in [9.17, 15) is 8.42 Å². The number of rotatable bonds is 4. The molecule has 2 N–H and O–H groups in total. The molecule has 1 fully saturated rings. The van der Waals surface area contributed by atoms with Crippen molar-refractivity contribution in [3.05, 3.63) is 22.7 Å². The molecule has 0 amide bonds. The molecular weight excluding hydrogens is 312 g/mol. The first-order chi connectivity index (χ1) is 9.81. The van der Waals surface area contributed by atoms with E-state index < -0.39 is 10.0 Å². The van der Waals surface area contributed by atoms with Crippen LogP contribution in [0.1, 0.15) is 25.8 Å². The Morgan fingerprint density at radius 1 is 1.43 bits per heavy atom. The van der Waals surface area contributed by atoms with Crippen molar-refractivity contribution in [3.63, 3.8) is 0 Å². The van der Waals surface area contributed by atoms with Gasteiger partial charge in [-0.3, -0.25) is 0 Å². The highest BCUT2D eigenvalue weighted by molar-refractivity contribution is 7.89. The second-order valence-electron chi connectivity index (χ2n) is 5.57. The monoisotopic (exact) mass is 332 g/mol. The summed E-state index contributed by atoms with van der Waals surface area (Å²) in [5.41, 5.74) is 6.25. The summed E-state index contributed by atoms with van der Waals surface area (Å²) < 4.78 is 32.7. The molecule has 0 aromatic heterocycles. The molecule has 1 aliphatic rings. The van der Waals surface area contributed by atoms with Crippen LogP contribution in [0.3, 0.4) is 0 Å². The average molecular weight is 333 g/mol. The SMILES string of the molecule is COc1c(CN)cc(Cl)cc1S(=O)(=O)N1CC(C)CC1C. The third-order valence-corrected chi connectivity index (χ3v) is 6.04. The normalized spacial score (nSPS) is 23.5. The summed E-state index contributed by atoms with van der Waals surface area (Å²) in [5, 5.41) is 0.342. The van der Waals surface area contributed by atoms with Gasteiger partial charge in [0.05, 0.1) is 7.11 Å². The van der Waals surface area contributed by atoms with Gasteiger partial charge in [0, 0.05) is 29.7 Å². The molecule has 2 atom stereocenters. The molecule has 1 aromatic carbocycles.